The normalized spacial score (nSPS) is 21.6. The fraction of sp³-hybridized carbons (Fsp3) is 0.655. The molecular weight excluding hydrogens is 454 g/mol. The molecule has 2 aliphatic carbocycles. The molecule has 3 N–H and O–H groups in total. The molecule has 1 aromatic carbocycles. The Balaban J connectivity index is 1.22. The average molecular weight is 498 g/mol. The number of nitrogens with zero attached hydrogens (tertiary/aromatic N) is 1. The molecule has 3 aliphatic rings. The highest BCUT2D eigenvalue weighted by Gasteiger charge is 2.33. The number of hydrogen-bond acceptors (Lipinski definition) is 6. The number of hydroxylamine groups is 1. The van der Waals surface area contributed by atoms with Crippen LogP contribution in [0, 0.1) is 11.8 Å². The Bertz CT molecular complexity index is 852. The zero-order valence-electron chi connectivity index (χ0n) is 21.5. The Kier molecular flexibility index (Phi) is 10.4. The summed E-state index contributed by atoms with van der Waals surface area (Å²) in [6.07, 6.45) is 15.9. The van der Waals surface area contributed by atoms with E-state index in [4.69, 9.17) is 9.94 Å². The molecule has 1 amide bonds. The third-order valence-electron chi connectivity index (χ3n) is 8.22. The van der Waals surface area contributed by atoms with Gasteiger partial charge in [0.25, 0.3) is 5.91 Å². The number of amides is 1. The van der Waals surface area contributed by atoms with Crippen molar-refractivity contribution in [3.63, 3.8) is 0 Å². The fourth-order valence-corrected chi connectivity index (χ4v) is 6.00. The Labute approximate surface area is 215 Å². The van der Waals surface area contributed by atoms with E-state index in [0.717, 1.165) is 70.3 Å². The second-order valence-corrected chi connectivity index (χ2v) is 10.9. The van der Waals surface area contributed by atoms with Crippen LogP contribution in [0.15, 0.2) is 30.3 Å². The summed E-state index contributed by atoms with van der Waals surface area (Å²) in [4.78, 5) is 26.7. The first kappa shape index (κ1) is 26.8. The van der Waals surface area contributed by atoms with Crippen LogP contribution in [0.1, 0.15) is 81.8 Å². The number of carbonyl (C=O) groups excluding carboxylic acids is 2. The topological polar surface area (TPSA) is 90.9 Å². The molecule has 0 bridgehead atoms. The lowest BCUT2D eigenvalue weighted by atomic mass is 9.83. The summed E-state index contributed by atoms with van der Waals surface area (Å²) >= 11 is 0. The Morgan fingerprint density at radius 2 is 1.64 bits per heavy atom. The summed E-state index contributed by atoms with van der Waals surface area (Å²) in [5.41, 5.74) is 3.77. The standard InChI is InChI=1S/C29H43N3O4/c33-27(31-35)15-14-22-10-12-24(13-11-22)21-32-18-16-23(17-19-32)20-30-28(25-6-2-1-3-7-25)29(34)36-26-8-4-5-9-26/h10-15,23,25-26,28,30,35H,1-9,16-21H2,(H,31,33)/b15-14+. The number of hydrogen-bond donors (Lipinski definition) is 3. The molecule has 1 saturated heterocycles. The van der Waals surface area contributed by atoms with E-state index in [0.29, 0.717) is 11.8 Å². The van der Waals surface area contributed by atoms with Crippen molar-refractivity contribution in [2.75, 3.05) is 19.6 Å². The molecule has 36 heavy (non-hydrogen) atoms. The monoisotopic (exact) mass is 497 g/mol. The molecule has 1 atom stereocenters. The summed E-state index contributed by atoms with van der Waals surface area (Å²) in [5.74, 6) is 0.481. The summed E-state index contributed by atoms with van der Waals surface area (Å²) in [6, 6.07) is 8.02. The van der Waals surface area contributed by atoms with Gasteiger partial charge < -0.3 is 10.1 Å². The van der Waals surface area contributed by atoms with E-state index in [1.165, 1.54) is 43.7 Å². The minimum Gasteiger partial charge on any atom is -0.461 e. The van der Waals surface area contributed by atoms with Crippen LogP contribution in [0.3, 0.4) is 0 Å². The van der Waals surface area contributed by atoms with Crippen LogP contribution in [-0.4, -0.2) is 53.8 Å². The minimum absolute atomic E-state index is 0.00141. The zero-order chi connectivity index (χ0) is 25.2. The van der Waals surface area contributed by atoms with E-state index in [9.17, 15) is 9.59 Å². The van der Waals surface area contributed by atoms with Gasteiger partial charge in [0, 0.05) is 12.6 Å². The van der Waals surface area contributed by atoms with Gasteiger partial charge in [0.1, 0.15) is 12.1 Å². The third-order valence-corrected chi connectivity index (χ3v) is 8.22. The van der Waals surface area contributed by atoms with Crippen molar-refractivity contribution in [2.45, 2.75) is 89.3 Å². The summed E-state index contributed by atoms with van der Waals surface area (Å²) in [5, 5.41) is 12.3. The molecule has 1 unspecified atom stereocenters. The Morgan fingerprint density at radius 1 is 0.972 bits per heavy atom. The second-order valence-electron chi connectivity index (χ2n) is 10.9. The van der Waals surface area contributed by atoms with Gasteiger partial charge in [-0.2, -0.15) is 0 Å². The van der Waals surface area contributed by atoms with Gasteiger partial charge in [-0.25, -0.2) is 5.48 Å². The molecule has 0 aromatic heterocycles. The molecular formula is C29H43N3O4. The van der Waals surface area contributed by atoms with Crippen molar-refractivity contribution in [1.29, 1.82) is 0 Å². The lowest BCUT2D eigenvalue weighted by molar-refractivity contribution is -0.153. The van der Waals surface area contributed by atoms with Gasteiger partial charge in [-0.1, -0.05) is 43.5 Å². The molecule has 7 heteroatoms. The molecule has 198 valence electrons. The van der Waals surface area contributed by atoms with Crippen molar-refractivity contribution in [2.24, 2.45) is 11.8 Å². The number of piperidine rings is 1. The maximum absolute atomic E-state index is 13.1. The van der Waals surface area contributed by atoms with Gasteiger partial charge in [-0.15, -0.1) is 0 Å². The predicted molar refractivity (Wildman–Crippen MR) is 140 cm³/mol. The van der Waals surface area contributed by atoms with E-state index in [1.54, 1.807) is 11.6 Å². The molecule has 7 nitrogen and oxygen atoms in total. The molecule has 4 rings (SSSR count). The smallest absolute Gasteiger partial charge is 0.323 e. The van der Waals surface area contributed by atoms with Crippen LogP contribution in [0.25, 0.3) is 6.08 Å². The molecule has 2 saturated carbocycles. The summed E-state index contributed by atoms with van der Waals surface area (Å²) in [6.45, 7) is 3.94. The number of likely N-dealkylation sites (tertiary alicyclic amines) is 1. The first-order valence-electron chi connectivity index (χ1n) is 14.0. The van der Waals surface area contributed by atoms with Crippen LogP contribution >= 0.6 is 0 Å². The van der Waals surface area contributed by atoms with E-state index < -0.39 is 5.91 Å². The number of rotatable bonds is 10. The number of esters is 1. The van der Waals surface area contributed by atoms with E-state index in [1.807, 2.05) is 12.1 Å². The van der Waals surface area contributed by atoms with E-state index in [2.05, 4.69) is 22.3 Å². The number of ether oxygens (including phenoxy) is 1. The van der Waals surface area contributed by atoms with Crippen molar-refractivity contribution < 1.29 is 19.5 Å². The van der Waals surface area contributed by atoms with Crippen LogP contribution in [0.5, 0.6) is 0 Å². The van der Waals surface area contributed by atoms with Crippen LogP contribution < -0.4 is 10.8 Å². The van der Waals surface area contributed by atoms with Gasteiger partial charge in [0.05, 0.1) is 0 Å². The molecule has 1 aliphatic heterocycles. The first-order chi connectivity index (χ1) is 17.6. The lowest BCUT2D eigenvalue weighted by Gasteiger charge is -2.35. The quantitative estimate of drug-likeness (QED) is 0.192. The summed E-state index contributed by atoms with van der Waals surface area (Å²) in [7, 11) is 0. The van der Waals surface area contributed by atoms with Crippen molar-refractivity contribution in [3.8, 4) is 0 Å². The molecule has 0 radical (unpaired) electrons. The van der Waals surface area contributed by atoms with Crippen LogP contribution in [0.4, 0.5) is 0 Å². The van der Waals surface area contributed by atoms with Gasteiger partial charge in [0.2, 0.25) is 0 Å². The number of nitrogens with one attached hydrogen (secondary N) is 2. The van der Waals surface area contributed by atoms with E-state index >= 15 is 0 Å². The van der Waals surface area contributed by atoms with Crippen molar-refractivity contribution in [3.05, 3.63) is 41.5 Å². The molecule has 0 spiro atoms. The molecule has 1 aromatic rings. The van der Waals surface area contributed by atoms with Crippen LogP contribution in [0.2, 0.25) is 0 Å². The predicted octanol–water partition coefficient (Wildman–Crippen LogP) is 4.44. The van der Waals surface area contributed by atoms with Crippen molar-refractivity contribution >= 4 is 18.0 Å². The third kappa shape index (κ3) is 8.15. The van der Waals surface area contributed by atoms with Crippen molar-refractivity contribution in [1.82, 2.24) is 15.7 Å². The maximum atomic E-state index is 13.1. The highest BCUT2D eigenvalue weighted by molar-refractivity contribution is 5.90. The maximum Gasteiger partial charge on any atom is 0.323 e. The highest BCUT2D eigenvalue weighted by Crippen LogP contribution is 2.29. The molecule has 3 fully saturated rings. The zero-order valence-corrected chi connectivity index (χ0v) is 21.5. The van der Waals surface area contributed by atoms with Crippen LogP contribution in [-0.2, 0) is 20.9 Å². The Hall–Kier alpha value is -2.22. The van der Waals surface area contributed by atoms with Gasteiger partial charge in [-0.05, 0) is 100 Å². The van der Waals surface area contributed by atoms with Gasteiger partial charge in [-0.3, -0.25) is 19.7 Å². The van der Waals surface area contributed by atoms with E-state index in [-0.39, 0.29) is 18.1 Å². The molecule has 1 heterocycles. The average Bonchev–Trinajstić information content (AvgIpc) is 3.43. The Morgan fingerprint density at radius 3 is 2.31 bits per heavy atom. The fourth-order valence-electron chi connectivity index (χ4n) is 6.00. The minimum atomic E-state index is -0.535. The first-order valence-corrected chi connectivity index (χ1v) is 14.0. The van der Waals surface area contributed by atoms with Gasteiger partial charge in [0.15, 0.2) is 0 Å². The van der Waals surface area contributed by atoms with Gasteiger partial charge >= 0.3 is 5.97 Å². The SMILES string of the molecule is O=C(/C=C/c1ccc(CN2CCC(CNC(C(=O)OC3CCCC3)C3CCCCC3)CC2)cc1)NO. The number of benzene rings is 1. The highest BCUT2D eigenvalue weighted by atomic mass is 16.5. The summed E-state index contributed by atoms with van der Waals surface area (Å²) < 4.78 is 5.95. The number of carbonyl (C=O) groups is 2. The largest absolute Gasteiger partial charge is 0.461 e. The second kappa shape index (κ2) is 13.9. The lowest BCUT2D eigenvalue weighted by Crippen LogP contribution is -2.48.